The van der Waals surface area contributed by atoms with Crippen LogP contribution in [0.5, 0.6) is 0 Å². The van der Waals surface area contributed by atoms with Gasteiger partial charge >= 0.3 is 5.97 Å². The number of rotatable bonds is 4. The van der Waals surface area contributed by atoms with Crippen molar-refractivity contribution in [1.29, 1.82) is 0 Å². The Balaban J connectivity index is 2.20. The van der Waals surface area contributed by atoms with E-state index in [1.165, 1.54) is 6.42 Å². The van der Waals surface area contributed by atoms with Crippen molar-refractivity contribution in [2.45, 2.75) is 66.4 Å². The number of epoxide rings is 1. The Kier molecular flexibility index (Phi) is 3.72. The smallest absolute Gasteiger partial charge is 0.306 e. The Bertz CT molecular complexity index is 337. The topological polar surface area (TPSA) is 38.8 Å². The lowest BCUT2D eigenvalue weighted by Gasteiger charge is -2.51. The summed E-state index contributed by atoms with van der Waals surface area (Å²) in [6, 6.07) is 0. The molecule has 19 heavy (non-hydrogen) atoms. The zero-order valence-electron chi connectivity index (χ0n) is 13.0. The van der Waals surface area contributed by atoms with Crippen LogP contribution >= 0.6 is 0 Å². The van der Waals surface area contributed by atoms with Gasteiger partial charge in [-0.15, -0.1) is 0 Å². The average Bonchev–Trinajstić information content (AvgIpc) is 2.93. The zero-order valence-corrected chi connectivity index (χ0v) is 13.0. The van der Waals surface area contributed by atoms with Crippen molar-refractivity contribution in [3.63, 3.8) is 0 Å². The van der Waals surface area contributed by atoms with E-state index in [0.29, 0.717) is 13.0 Å². The maximum atomic E-state index is 12.0. The summed E-state index contributed by atoms with van der Waals surface area (Å²) in [7, 11) is 0. The van der Waals surface area contributed by atoms with Crippen molar-refractivity contribution in [1.82, 2.24) is 0 Å². The van der Waals surface area contributed by atoms with Gasteiger partial charge in [0.15, 0.2) is 0 Å². The SMILES string of the molecule is CCOC(=O)CC1(C2CO2)CC(C)(C)CC(C)(C)C1. The molecular weight excluding hydrogens is 240 g/mol. The second-order valence-corrected chi connectivity index (χ2v) is 8.02. The molecule has 1 atom stereocenters. The van der Waals surface area contributed by atoms with E-state index in [1.807, 2.05) is 6.92 Å². The molecule has 1 saturated carbocycles. The van der Waals surface area contributed by atoms with Gasteiger partial charge in [-0.1, -0.05) is 27.7 Å². The summed E-state index contributed by atoms with van der Waals surface area (Å²) in [6.07, 6.45) is 4.10. The molecule has 0 amide bonds. The third kappa shape index (κ3) is 3.50. The minimum Gasteiger partial charge on any atom is -0.466 e. The molecule has 1 unspecified atom stereocenters. The molecule has 2 aliphatic rings. The summed E-state index contributed by atoms with van der Waals surface area (Å²) < 4.78 is 10.8. The normalized spacial score (nSPS) is 30.7. The van der Waals surface area contributed by atoms with E-state index in [2.05, 4.69) is 27.7 Å². The van der Waals surface area contributed by atoms with Gasteiger partial charge in [-0.2, -0.15) is 0 Å². The molecule has 1 saturated heterocycles. The van der Waals surface area contributed by atoms with E-state index >= 15 is 0 Å². The van der Waals surface area contributed by atoms with Gasteiger partial charge in [0.25, 0.3) is 0 Å². The third-order valence-corrected chi connectivity index (χ3v) is 4.44. The van der Waals surface area contributed by atoms with E-state index in [4.69, 9.17) is 9.47 Å². The van der Waals surface area contributed by atoms with Crippen LogP contribution in [0.4, 0.5) is 0 Å². The number of esters is 1. The van der Waals surface area contributed by atoms with Crippen molar-refractivity contribution in [2.75, 3.05) is 13.2 Å². The predicted octanol–water partition coefficient (Wildman–Crippen LogP) is 3.56. The van der Waals surface area contributed by atoms with Crippen molar-refractivity contribution >= 4 is 5.97 Å². The van der Waals surface area contributed by atoms with E-state index < -0.39 is 0 Å². The van der Waals surface area contributed by atoms with Crippen LogP contribution in [0, 0.1) is 16.2 Å². The fraction of sp³-hybridized carbons (Fsp3) is 0.938. The first-order valence-electron chi connectivity index (χ1n) is 7.45. The quantitative estimate of drug-likeness (QED) is 0.578. The number of hydrogen-bond acceptors (Lipinski definition) is 3. The Morgan fingerprint density at radius 2 is 1.68 bits per heavy atom. The molecule has 3 nitrogen and oxygen atoms in total. The van der Waals surface area contributed by atoms with Crippen LogP contribution in [0.1, 0.15) is 60.3 Å². The second-order valence-electron chi connectivity index (χ2n) is 8.02. The molecule has 0 aromatic heterocycles. The molecule has 0 radical (unpaired) electrons. The van der Waals surface area contributed by atoms with Gasteiger partial charge < -0.3 is 9.47 Å². The summed E-state index contributed by atoms with van der Waals surface area (Å²) in [5.41, 5.74) is 0.512. The predicted molar refractivity (Wildman–Crippen MR) is 74.8 cm³/mol. The molecule has 0 spiro atoms. The monoisotopic (exact) mass is 268 g/mol. The van der Waals surface area contributed by atoms with Gasteiger partial charge in [-0.05, 0) is 37.0 Å². The van der Waals surface area contributed by atoms with Crippen LogP contribution in [0.25, 0.3) is 0 Å². The largest absolute Gasteiger partial charge is 0.466 e. The number of carbonyl (C=O) groups is 1. The van der Waals surface area contributed by atoms with Crippen LogP contribution < -0.4 is 0 Å². The highest BCUT2D eigenvalue weighted by molar-refractivity contribution is 5.70. The molecule has 0 aromatic carbocycles. The Morgan fingerprint density at radius 3 is 2.11 bits per heavy atom. The van der Waals surface area contributed by atoms with Crippen molar-refractivity contribution in [3.8, 4) is 0 Å². The van der Waals surface area contributed by atoms with E-state index in [-0.39, 0.29) is 28.3 Å². The summed E-state index contributed by atoms with van der Waals surface area (Å²) in [6.45, 7) is 12.4. The summed E-state index contributed by atoms with van der Waals surface area (Å²) >= 11 is 0. The molecule has 1 aliphatic carbocycles. The molecule has 1 aliphatic heterocycles. The minimum atomic E-state index is -0.0634. The van der Waals surface area contributed by atoms with Crippen LogP contribution in [-0.4, -0.2) is 25.3 Å². The van der Waals surface area contributed by atoms with Crippen LogP contribution in [0.15, 0.2) is 0 Å². The fourth-order valence-corrected chi connectivity index (χ4v) is 4.76. The molecule has 2 rings (SSSR count). The standard InChI is InChI=1S/C16H28O3/c1-6-18-13(17)7-16(12-8-19-12)10-14(2,3)9-15(4,5)11-16/h12H,6-11H2,1-5H3. The zero-order chi connectivity index (χ0) is 14.3. The third-order valence-electron chi connectivity index (χ3n) is 4.44. The molecular formula is C16H28O3. The van der Waals surface area contributed by atoms with Crippen molar-refractivity contribution < 1.29 is 14.3 Å². The molecule has 3 heteroatoms. The molecule has 2 fully saturated rings. The maximum Gasteiger partial charge on any atom is 0.306 e. The van der Waals surface area contributed by atoms with Crippen LogP contribution in [0.2, 0.25) is 0 Å². The van der Waals surface area contributed by atoms with Crippen LogP contribution in [0.3, 0.4) is 0 Å². The Labute approximate surface area is 117 Å². The van der Waals surface area contributed by atoms with Gasteiger partial charge in [-0.3, -0.25) is 4.79 Å². The highest BCUT2D eigenvalue weighted by Gasteiger charge is 2.56. The molecule has 1 heterocycles. The maximum absolute atomic E-state index is 12.0. The van der Waals surface area contributed by atoms with Gasteiger partial charge in [-0.25, -0.2) is 0 Å². The molecule has 0 N–H and O–H groups in total. The van der Waals surface area contributed by atoms with Gasteiger partial charge in [0, 0.05) is 5.41 Å². The first-order valence-corrected chi connectivity index (χ1v) is 7.45. The summed E-state index contributed by atoms with van der Waals surface area (Å²) in [5.74, 6) is -0.0634. The highest BCUT2D eigenvalue weighted by atomic mass is 16.6. The lowest BCUT2D eigenvalue weighted by molar-refractivity contribution is -0.149. The summed E-state index contributed by atoms with van der Waals surface area (Å²) in [4.78, 5) is 12.0. The Morgan fingerprint density at radius 1 is 1.16 bits per heavy atom. The first-order chi connectivity index (χ1) is 8.68. The van der Waals surface area contributed by atoms with Crippen molar-refractivity contribution in [2.24, 2.45) is 16.2 Å². The van der Waals surface area contributed by atoms with Gasteiger partial charge in [0.1, 0.15) is 0 Å². The van der Waals surface area contributed by atoms with E-state index in [9.17, 15) is 4.79 Å². The minimum absolute atomic E-state index is 0.0164. The molecule has 0 bridgehead atoms. The van der Waals surface area contributed by atoms with Gasteiger partial charge in [0.2, 0.25) is 0 Å². The highest BCUT2D eigenvalue weighted by Crippen LogP contribution is 2.59. The molecule has 110 valence electrons. The number of carbonyl (C=O) groups excluding carboxylic acids is 1. The molecule has 0 aromatic rings. The number of ether oxygens (including phenoxy) is 2. The average molecular weight is 268 g/mol. The Hall–Kier alpha value is -0.570. The van der Waals surface area contributed by atoms with Crippen molar-refractivity contribution in [3.05, 3.63) is 0 Å². The lowest BCUT2D eigenvalue weighted by Crippen LogP contribution is -2.45. The summed E-state index contributed by atoms with van der Waals surface area (Å²) in [5, 5.41) is 0. The van der Waals surface area contributed by atoms with Crippen LogP contribution in [-0.2, 0) is 14.3 Å². The second kappa shape index (κ2) is 4.76. The lowest BCUT2D eigenvalue weighted by atomic mass is 9.53. The van der Waals surface area contributed by atoms with E-state index in [1.54, 1.807) is 0 Å². The first kappa shape index (κ1) is 14.8. The van der Waals surface area contributed by atoms with Gasteiger partial charge in [0.05, 0.1) is 25.7 Å². The fourth-order valence-electron chi connectivity index (χ4n) is 4.76. The van der Waals surface area contributed by atoms with E-state index in [0.717, 1.165) is 19.4 Å². The number of hydrogen-bond donors (Lipinski definition) is 0.